The van der Waals surface area contributed by atoms with Crippen molar-refractivity contribution in [1.29, 1.82) is 0 Å². The average molecular weight is 480 g/mol. The van der Waals surface area contributed by atoms with E-state index in [2.05, 4.69) is 10.1 Å². The SMILES string of the molecule is CCOc1ccc(/C=N/N(C(=O)c2cccc(OC)c2OC)c2nc3ccc(F)cc3s2)cc1. The topological polar surface area (TPSA) is 73.2 Å². The summed E-state index contributed by atoms with van der Waals surface area (Å²) in [4.78, 5) is 18.1. The number of carbonyl (C=O) groups is 1. The van der Waals surface area contributed by atoms with Gasteiger partial charge in [-0.3, -0.25) is 4.79 Å². The van der Waals surface area contributed by atoms with Crippen LogP contribution >= 0.6 is 11.3 Å². The van der Waals surface area contributed by atoms with Gasteiger partial charge in [0, 0.05) is 0 Å². The van der Waals surface area contributed by atoms with Gasteiger partial charge in [-0.1, -0.05) is 17.4 Å². The van der Waals surface area contributed by atoms with E-state index in [-0.39, 0.29) is 22.3 Å². The zero-order valence-corrected chi connectivity index (χ0v) is 19.6. The Kier molecular flexibility index (Phi) is 7.03. The number of benzene rings is 3. The molecule has 174 valence electrons. The Morgan fingerprint density at radius 3 is 2.62 bits per heavy atom. The van der Waals surface area contributed by atoms with E-state index >= 15 is 0 Å². The first kappa shape index (κ1) is 23.2. The number of para-hydroxylation sites is 1. The summed E-state index contributed by atoms with van der Waals surface area (Å²) in [6, 6.07) is 16.6. The number of aromatic nitrogens is 1. The smallest absolute Gasteiger partial charge is 0.284 e. The number of nitrogens with zero attached hydrogens (tertiary/aromatic N) is 3. The molecular weight excluding hydrogens is 457 g/mol. The molecule has 0 bridgehead atoms. The maximum absolute atomic E-state index is 13.7. The summed E-state index contributed by atoms with van der Waals surface area (Å²) in [5.74, 6) is 0.575. The first-order chi connectivity index (χ1) is 16.5. The molecule has 34 heavy (non-hydrogen) atoms. The lowest BCUT2D eigenvalue weighted by atomic mass is 10.1. The summed E-state index contributed by atoms with van der Waals surface area (Å²) >= 11 is 1.16. The van der Waals surface area contributed by atoms with Crippen LogP contribution in [0.1, 0.15) is 22.8 Å². The highest BCUT2D eigenvalue weighted by atomic mass is 32.1. The number of hydrogen-bond donors (Lipinski definition) is 0. The number of methoxy groups -OCH3 is 2. The maximum atomic E-state index is 13.7. The Labute approximate surface area is 200 Å². The molecule has 7 nitrogen and oxygen atoms in total. The fourth-order valence-electron chi connectivity index (χ4n) is 3.28. The van der Waals surface area contributed by atoms with Crippen molar-refractivity contribution in [3.63, 3.8) is 0 Å². The highest BCUT2D eigenvalue weighted by Gasteiger charge is 2.25. The molecule has 0 unspecified atom stereocenters. The van der Waals surface area contributed by atoms with E-state index in [1.165, 1.54) is 31.4 Å². The van der Waals surface area contributed by atoms with Gasteiger partial charge in [-0.2, -0.15) is 10.1 Å². The molecule has 4 rings (SSSR count). The van der Waals surface area contributed by atoms with E-state index in [1.807, 2.05) is 31.2 Å². The molecular formula is C25H22FN3O4S. The first-order valence-electron chi connectivity index (χ1n) is 10.4. The minimum atomic E-state index is -0.475. The first-order valence-corrected chi connectivity index (χ1v) is 11.2. The third kappa shape index (κ3) is 4.84. The number of amides is 1. The Morgan fingerprint density at radius 1 is 1.12 bits per heavy atom. The van der Waals surface area contributed by atoms with Crippen molar-refractivity contribution in [3.8, 4) is 17.2 Å². The normalized spacial score (nSPS) is 11.1. The van der Waals surface area contributed by atoms with Crippen LogP contribution in [-0.2, 0) is 0 Å². The van der Waals surface area contributed by atoms with Crippen molar-refractivity contribution in [2.24, 2.45) is 5.10 Å². The predicted octanol–water partition coefficient (Wildman–Crippen LogP) is 5.53. The second-order valence-electron chi connectivity index (χ2n) is 7.01. The number of hydrogen-bond acceptors (Lipinski definition) is 7. The van der Waals surface area contributed by atoms with Crippen LogP contribution in [0.25, 0.3) is 10.2 Å². The molecule has 0 radical (unpaired) electrons. The summed E-state index contributed by atoms with van der Waals surface area (Å²) in [6.45, 7) is 2.48. The lowest BCUT2D eigenvalue weighted by Crippen LogP contribution is -2.26. The zero-order chi connectivity index (χ0) is 24.1. The van der Waals surface area contributed by atoms with Crippen LogP contribution in [-0.4, -0.2) is 37.9 Å². The Bertz CT molecular complexity index is 1340. The second-order valence-corrected chi connectivity index (χ2v) is 8.02. The molecule has 0 atom stereocenters. The van der Waals surface area contributed by atoms with E-state index in [1.54, 1.807) is 30.5 Å². The van der Waals surface area contributed by atoms with E-state index in [4.69, 9.17) is 14.2 Å². The Balaban J connectivity index is 1.77. The van der Waals surface area contributed by atoms with Crippen LogP contribution in [0, 0.1) is 5.82 Å². The van der Waals surface area contributed by atoms with Gasteiger partial charge >= 0.3 is 0 Å². The lowest BCUT2D eigenvalue weighted by Gasteiger charge is -2.17. The van der Waals surface area contributed by atoms with Gasteiger partial charge in [-0.25, -0.2) is 9.37 Å². The molecule has 0 saturated heterocycles. The van der Waals surface area contributed by atoms with Gasteiger partial charge in [-0.05, 0) is 67.1 Å². The van der Waals surface area contributed by atoms with Gasteiger partial charge < -0.3 is 14.2 Å². The minimum absolute atomic E-state index is 0.246. The fourth-order valence-corrected chi connectivity index (χ4v) is 4.22. The number of fused-ring (bicyclic) bond motifs is 1. The quantitative estimate of drug-likeness (QED) is 0.245. The second kappa shape index (κ2) is 10.3. The summed E-state index contributed by atoms with van der Waals surface area (Å²) in [6.07, 6.45) is 1.55. The molecule has 0 saturated carbocycles. The molecule has 0 aliphatic heterocycles. The number of rotatable bonds is 8. The monoisotopic (exact) mass is 479 g/mol. The average Bonchev–Trinajstić information content (AvgIpc) is 3.27. The van der Waals surface area contributed by atoms with E-state index in [0.717, 1.165) is 22.6 Å². The summed E-state index contributed by atoms with van der Waals surface area (Å²) in [5, 5.41) is 5.91. The van der Waals surface area contributed by atoms with Crippen molar-refractivity contribution in [3.05, 3.63) is 77.6 Å². The highest BCUT2D eigenvalue weighted by molar-refractivity contribution is 7.22. The van der Waals surface area contributed by atoms with Gasteiger partial charge in [0.05, 0.1) is 42.8 Å². The molecule has 9 heteroatoms. The van der Waals surface area contributed by atoms with Gasteiger partial charge in [0.1, 0.15) is 11.6 Å². The largest absolute Gasteiger partial charge is 0.494 e. The van der Waals surface area contributed by atoms with Crippen LogP contribution in [0.5, 0.6) is 17.2 Å². The number of anilines is 1. The molecule has 1 aromatic heterocycles. The van der Waals surface area contributed by atoms with Gasteiger partial charge in [-0.15, -0.1) is 0 Å². The van der Waals surface area contributed by atoms with Gasteiger partial charge in [0.15, 0.2) is 11.5 Å². The number of ether oxygens (including phenoxy) is 3. The molecule has 0 aliphatic rings. The van der Waals surface area contributed by atoms with Crippen LogP contribution in [0.2, 0.25) is 0 Å². The third-order valence-electron chi connectivity index (χ3n) is 4.86. The standard InChI is InChI=1S/C25H22FN3O4S/c1-4-33-18-11-8-16(9-12-18)15-27-29(25-28-20-13-10-17(26)14-22(20)34-25)24(30)19-6-5-7-21(31-2)23(19)32-3/h5-15H,4H2,1-3H3/b27-15+. The molecule has 0 aliphatic carbocycles. The van der Waals surface area contributed by atoms with Gasteiger partial charge in [0.2, 0.25) is 5.13 Å². The third-order valence-corrected chi connectivity index (χ3v) is 5.85. The summed E-state index contributed by atoms with van der Waals surface area (Å²) in [7, 11) is 2.96. The zero-order valence-electron chi connectivity index (χ0n) is 18.8. The highest BCUT2D eigenvalue weighted by Crippen LogP contribution is 2.35. The van der Waals surface area contributed by atoms with Crippen molar-refractivity contribution in [2.45, 2.75) is 6.92 Å². The molecule has 0 spiro atoms. The number of carbonyl (C=O) groups excluding carboxylic acids is 1. The van der Waals surface area contributed by atoms with Crippen LogP contribution in [0.4, 0.5) is 9.52 Å². The van der Waals surface area contributed by atoms with Crippen LogP contribution < -0.4 is 19.2 Å². The summed E-state index contributed by atoms with van der Waals surface area (Å²) in [5.41, 5.74) is 1.57. The number of hydrazone groups is 1. The van der Waals surface area contributed by atoms with Crippen molar-refractivity contribution < 1.29 is 23.4 Å². The van der Waals surface area contributed by atoms with E-state index in [0.29, 0.717) is 22.6 Å². The van der Waals surface area contributed by atoms with E-state index < -0.39 is 5.91 Å². The summed E-state index contributed by atoms with van der Waals surface area (Å²) < 4.78 is 30.6. The van der Waals surface area contributed by atoms with E-state index in [9.17, 15) is 9.18 Å². The van der Waals surface area contributed by atoms with Crippen molar-refractivity contribution >= 4 is 38.8 Å². The Morgan fingerprint density at radius 2 is 1.91 bits per heavy atom. The minimum Gasteiger partial charge on any atom is -0.494 e. The fraction of sp³-hybridized carbons (Fsp3) is 0.160. The lowest BCUT2D eigenvalue weighted by molar-refractivity contribution is 0.0984. The molecule has 4 aromatic rings. The number of halogens is 1. The molecule has 0 fully saturated rings. The molecule has 3 aromatic carbocycles. The number of thiazole rings is 1. The molecule has 1 amide bonds. The maximum Gasteiger partial charge on any atom is 0.284 e. The van der Waals surface area contributed by atoms with Crippen molar-refractivity contribution in [2.75, 3.05) is 25.8 Å². The van der Waals surface area contributed by atoms with Crippen LogP contribution in [0.3, 0.4) is 0 Å². The predicted molar refractivity (Wildman–Crippen MR) is 131 cm³/mol. The van der Waals surface area contributed by atoms with Gasteiger partial charge in [0.25, 0.3) is 5.91 Å². The van der Waals surface area contributed by atoms with Crippen molar-refractivity contribution in [1.82, 2.24) is 4.98 Å². The molecule has 1 heterocycles. The Hall–Kier alpha value is -3.98. The molecule has 0 N–H and O–H groups in total. The van der Waals surface area contributed by atoms with Crippen LogP contribution in [0.15, 0.2) is 65.8 Å².